The van der Waals surface area contributed by atoms with Crippen molar-refractivity contribution in [3.8, 4) is 16.5 Å². The molecular formula is C30H22N4O2S3. The first kappa shape index (κ1) is 25.3. The molecule has 192 valence electrons. The van der Waals surface area contributed by atoms with Gasteiger partial charge in [-0.05, 0) is 78.1 Å². The number of imide groups is 1. The van der Waals surface area contributed by atoms with E-state index in [1.54, 1.807) is 0 Å². The van der Waals surface area contributed by atoms with Gasteiger partial charge in [-0.3, -0.25) is 9.59 Å². The summed E-state index contributed by atoms with van der Waals surface area (Å²) in [6, 6.07) is 27.7. The molecule has 6 nitrogen and oxygen atoms in total. The lowest BCUT2D eigenvalue weighted by Crippen LogP contribution is -2.31. The van der Waals surface area contributed by atoms with E-state index in [1.165, 1.54) is 33.6 Å². The van der Waals surface area contributed by atoms with Crippen LogP contribution in [-0.2, 0) is 22.4 Å². The van der Waals surface area contributed by atoms with Gasteiger partial charge in [0, 0.05) is 27.6 Å². The number of nitrogens with one attached hydrogen (secondary N) is 2. The Morgan fingerprint density at radius 2 is 1.64 bits per heavy atom. The van der Waals surface area contributed by atoms with Gasteiger partial charge in [0.15, 0.2) is 5.11 Å². The van der Waals surface area contributed by atoms with E-state index in [9.17, 15) is 14.9 Å². The number of amides is 2. The number of thiocarbonyl (C=S) groups is 1. The van der Waals surface area contributed by atoms with Crippen LogP contribution in [0.2, 0.25) is 0 Å². The predicted molar refractivity (Wildman–Crippen MR) is 161 cm³/mol. The summed E-state index contributed by atoms with van der Waals surface area (Å²) in [6.07, 6.45) is 1.66. The Morgan fingerprint density at radius 1 is 0.949 bits per heavy atom. The number of thiophene rings is 1. The van der Waals surface area contributed by atoms with Crippen LogP contribution >= 0.6 is 35.3 Å². The minimum Gasteiger partial charge on any atom is -0.332 e. The summed E-state index contributed by atoms with van der Waals surface area (Å²) in [5, 5.41) is 16.7. The Hall–Kier alpha value is -3.97. The average molecular weight is 567 g/mol. The third-order valence-electron chi connectivity index (χ3n) is 6.74. The number of nitrogens with zero attached hydrogens (tertiary/aromatic N) is 2. The van der Waals surface area contributed by atoms with Gasteiger partial charge < -0.3 is 10.6 Å². The van der Waals surface area contributed by atoms with E-state index in [4.69, 9.17) is 12.2 Å². The summed E-state index contributed by atoms with van der Waals surface area (Å²) in [4.78, 5) is 29.7. The molecule has 0 spiro atoms. The maximum Gasteiger partial charge on any atom is 0.248 e. The number of carbonyl (C=O) groups excluding carboxylic acids is 2. The standard InChI is InChI=1S/C30H22N4O2S3/c31-17-24-23-15-10-18-6-4-5-9-22(18)27(23)39-29(24)34-26(35)16-25(28(34)36)38-21-13-11-20(12-14-21)33-30(37)32-19-7-2-1-3-8-19/h1-9,11-14,25H,10,15-16H2,(H2,32,33,37). The molecule has 1 aromatic heterocycles. The molecule has 0 saturated carbocycles. The van der Waals surface area contributed by atoms with Crippen LogP contribution in [0.3, 0.4) is 0 Å². The second-order valence-corrected chi connectivity index (χ2v) is 11.9. The SMILES string of the molecule is N#Cc1c(N2C(=O)CC(Sc3ccc(NC(=S)Nc4ccccc4)cc3)C2=O)sc2c1CCc1ccccc1-2. The molecule has 2 heterocycles. The van der Waals surface area contributed by atoms with Crippen LogP contribution < -0.4 is 15.5 Å². The van der Waals surface area contributed by atoms with E-state index >= 15 is 0 Å². The van der Waals surface area contributed by atoms with E-state index in [1.807, 2.05) is 72.8 Å². The molecular weight excluding hydrogens is 545 g/mol. The second kappa shape index (κ2) is 10.7. The van der Waals surface area contributed by atoms with Gasteiger partial charge in [-0.15, -0.1) is 23.1 Å². The number of fused-ring (bicyclic) bond motifs is 3. The fourth-order valence-corrected chi connectivity index (χ4v) is 7.58. The molecule has 2 amide bonds. The van der Waals surface area contributed by atoms with Crippen molar-refractivity contribution in [2.75, 3.05) is 15.5 Å². The van der Waals surface area contributed by atoms with Crippen molar-refractivity contribution in [3.05, 3.63) is 95.6 Å². The number of carbonyl (C=O) groups is 2. The third kappa shape index (κ3) is 4.94. The normalized spacial score (nSPS) is 15.9. The largest absolute Gasteiger partial charge is 0.332 e. The van der Waals surface area contributed by atoms with Crippen LogP contribution in [-0.4, -0.2) is 22.2 Å². The lowest BCUT2D eigenvalue weighted by molar-refractivity contribution is -0.121. The monoisotopic (exact) mass is 566 g/mol. The van der Waals surface area contributed by atoms with Gasteiger partial charge in [-0.2, -0.15) is 5.26 Å². The number of hydrogen-bond donors (Lipinski definition) is 2. The molecule has 1 unspecified atom stereocenters. The highest BCUT2D eigenvalue weighted by atomic mass is 32.2. The fourth-order valence-electron chi connectivity index (χ4n) is 4.91. The molecule has 2 aliphatic rings. The van der Waals surface area contributed by atoms with E-state index < -0.39 is 5.25 Å². The molecule has 2 N–H and O–H groups in total. The molecule has 1 aliphatic carbocycles. The Morgan fingerprint density at radius 3 is 2.38 bits per heavy atom. The highest BCUT2D eigenvalue weighted by Crippen LogP contribution is 2.48. The Bertz CT molecular complexity index is 1640. The summed E-state index contributed by atoms with van der Waals surface area (Å²) in [5.74, 6) is -0.541. The van der Waals surface area contributed by atoms with Gasteiger partial charge in [0.1, 0.15) is 11.1 Å². The van der Waals surface area contributed by atoms with Gasteiger partial charge >= 0.3 is 0 Å². The summed E-state index contributed by atoms with van der Waals surface area (Å²) in [7, 11) is 0. The Kier molecular flexibility index (Phi) is 6.92. The second-order valence-electron chi connectivity index (χ2n) is 9.21. The van der Waals surface area contributed by atoms with E-state index in [0.29, 0.717) is 15.7 Å². The average Bonchev–Trinajstić information content (AvgIpc) is 3.45. The topological polar surface area (TPSA) is 85.2 Å². The van der Waals surface area contributed by atoms with Crippen LogP contribution in [0.1, 0.15) is 23.1 Å². The minimum absolute atomic E-state index is 0.0958. The number of rotatable bonds is 5. The lowest BCUT2D eigenvalue weighted by Gasteiger charge is -2.15. The molecule has 1 saturated heterocycles. The summed E-state index contributed by atoms with van der Waals surface area (Å²) < 4.78 is 0. The number of thioether (sulfide) groups is 1. The van der Waals surface area contributed by atoms with Gasteiger partial charge in [0.05, 0.1) is 10.8 Å². The van der Waals surface area contributed by atoms with Crippen molar-refractivity contribution in [2.45, 2.75) is 29.4 Å². The smallest absolute Gasteiger partial charge is 0.248 e. The summed E-state index contributed by atoms with van der Waals surface area (Å²) in [5.41, 5.74) is 5.41. The number of benzene rings is 3. The molecule has 3 aromatic carbocycles. The molecule has 4 aromatic rings. The first-order valence-corrected chi connectivity index (χ1v) is 14.5. The molecule has 39 heavy (non-hydrogen) atoms. The van der Waals surface area contributed by atoms with Crippen LogP contribution in [0.4, 0.5) is 16.4 Å². The number of aryl methyl sites for hydroxylation is 1. The summed E-state index contributed by atoms with van der Waals surface area (Å²) in [6.45, 7) is 0. The van der Waals surface area contributed by atoms with Crippen LogP contribution in [0.15, 0.2) is 83.8 Å². The zero-order valence-electron chi connectivity index (χ0n) is 20.6. The zero-order chi connectivity index (χ0) is 26.9. The predicted octanol–water partition coefficient (Wildman–Crippen LogP) is 6.62. The molecule has 0 radical (unpaired) electrons. The highest BCUT2D eigenvalue weighted by Gasteiger charge is 2.43. The molecule has 1 atom stereocenters. The molecule has 0 bridgehead atoms. The van der Waals surface area contributed by atoms with E-state index in [0.717, 1.165) is 45.1 Å². The fraction of sp³-hybridized carbons (Fsp3) is 0.133. The van der Waals surface area contributed by atoms with Crippen LogP contribution in [0.5, 0.6) is 0 Å². The van der Waals surface area contributed by atoms with Gasteiger partial charge in [-0.1, -0.05) is 42.5 Å². The molecule has 1 fully saturated rings. The van der Waals surface area contributed by atoms with Crippen molar-refractivity contribution >= 4 is 68.6 Å². The van der Waals surface area contributed by atoms with Crippen LogP contribution in [0, 0.1) is 11.3 Å². The Labute approximate surface area is 239 Å². The maximum atomic E-state index is 13.5. The molecule has 9 heteroatoms. The van der Waals surface area contributed by atoms with Crippen molar-refractivity contribution in [1.29, 1.82) is 5.26 Å². The zero-order valence-corrected chi connectivity index (χ0v) is 23.1. The number of anilines is 3. The van der Waals surface area contributed by atoms with Crippen molar-refractivity contribution in [2.24, 2.45) is 0 Å². The molecule has 1 aliphatic heterocycles. The van der Waals surface area contributed by atoms with Gasteiger partial charge in [-0.25, -0.2) is 4.90 Å². The Balaban J connectivity index is 1.16. The lowest BCUT2D eigenvalue weighted by atomic mass is 9.89. The third-order valence-corrected chi connectivity index (χ3v) is 9.39. The minimum atomic E-state index is -0.546. The van der Waals surface area contributed by atoms with Gasteiger partial charge in [0.25, 0.3) is 0 Å². The number of para-hydroxylation sites is 1. The number of nitriles is 1. The first-order valence-electron chi connectivity index (χ1n) is 12.4. The van der Waals surface area contributed by atoms with E-state index in [-0.39, 0.29) is 18.2 Å². The quantitative estimate of drug-likeness (QED) is 0.207. The molecule has 6 rings (SSSR count). The van der Waals surface area contributed by atoms with Crippen molar-refractivity contribution in [3.63, 3.8) is 0 Å². The summed E-state index contributed by atoms with van der Waals surface area (Å²) >= 11 is 8.13. The maximum absolute atomic E-state index is 13.5. The van der Waals surface area contributed by atoms with Crippen LogP contribution in [0.25, 0.3) is 10.4 Å². The van der Waals surface area contributed by atoms with Gasteiger partial charge in [0.2, 0.25) is 11.8 Å². The van der Waals surface area contributed by atoms with E-state index in [2.05, 4.69) is 22.8 Å². The van der Waals surface area contributed by atoms with Crippen molar-refractivity contribution < 1.29 is 9.59 Å². The number of hydrogen-bond acceptors (Lipinski definition) is 6. The van der Waals surface area contributed by atoms with Crippen molar-refractivity contribution in [1.82, 2.24) is 0 Å². The highest BCUT2D eigenvalue weighted by molar-refractivity contribution is 8.00. The first-order chi connectivity index (χ1) is 19.0.